The highest BCUT2D eigenvalue weighted by Gasteiger charge is 2.11. The lowest BCUT2D eigenvalue weighted by Gasteiger charge is -2.04. The van der Waals surface area contributed by atoms with Crippen molar-refractivity contribution in [3.05, 3.63) is 71.9 Å². The van der Waals surface area contributed by atoms with Gasteiger partial charge in [-0.2, -0.15) is 5.10 Å². The SMILES string of the molecule is O=C(CSc1nccn2nc(-c3ccc(Cl)cc3)cc12)NCc1ccco1. The third-order valence-corrected chi connectivity index (χ3v) is 5.12. The molecule has 0 aliphatic rings. The van der Waals surface area contributed by atoms with Gasteiger partial charge < -0.3 is 9.73 Å². The molecule has 3 aromatic heterocycles. The predicted molar refractivity (Wildman–Crippen MR) is 105 cm³/mol. The summed E-state index contributed by atoms with van der Waals surface area (Å²) in [6, 6.07) is 13.1. The van der Waals surface area contributed by atoms with E-state index in [0.29, 0.717) is 11.6 Å². The number of thioether (sulfide) groups is 1. The lowest BCUT2D eigenvalue weighted by Crippen LogP contribution is -2.24. The Bertz CT molecular complexity index is 1060. The Balaban J connectivity index is 1.47. The number of nitrogens with zero attached hydrogens (tertiary/aromatic N) is 3. The molecule has 4 rings (SSSR count). The molecule has 1 N–H and O–H groups in total. The summed E-state index contributed by atoms with van der Waals surface area (Å²) in [6.45, 7) is 0.372. The Labute approximate surface area is 164 Å². The number of halogens is 1. The van der Waals surface area contributed by atoms with Crippen LogP contribution in [0.2, 0.25) is 5.02 Å². The molecular formula is C19H15ClN4O2S. The van der Waals surface area contributed by atoms with Gasteiger partial charge in [0.15, 0.2) is 0 Å². The zero-order chi connectivity index (χ0) is 18.6. The molecule has 0 aliphatic carbocycles. The van der Waals surface area contributed by atoms with Gasteiger partial charge in [0.1, 0.15) is 10.8 Å². The quantitative estimate of drug-likeness (QED) is 0.496. The Morgan fingerprint density at radius 2 is 2.11 bits per heavy atom. The molecule has 0 atom stereocenters. The molecule has 3 heterocycles. The number of nitrogens with one attached hydrogen (secondary N) is 1. The van der Waals surface area contributed by atoms with Gasteiger partial charge in [-0.3, -0.25) is 4.79 Å². The van der Waals surface area contributed by atoms with Crippen LogP contribution in [0.1, 0.15) is 5.76 Å². The van der Waals surface area contributed by atoms with Crippen LogP contribution in [-0.4, -0.2) is 26.3 Å². The van der Waals surface area contributed by atoms with Crippen LogP contribution in [0, 0.1) is 0 Å². The molecule has 0 aliphatic heterocycles. The van der Waals surface area contributed by atoms with Gasteiger partial charge in [-0.15, -0.1) is 0 Å². The molecule has 0 bridgehead atoms. The molecule has 0 saturated carbocycles. The highest BCUT2D eigenvalue weighted by atomic mass is 35.5. The maximum absolute atomic E-state index is 12.1. The van der Waals surface area contributed by atoms with E-state index < -0.39 is 0 Å². The van der Waals surface area contributed by atoms with Crippen molar-refractivity contribution in [2.75, 3.05) is 5.75 Å². The fourth-order valence-electron chi connectivity index (χ4n) is 2.55. The zero-order valence-electron chi connectivity index (χ0n) is 14.1. The summed E-state index contributed by atoms with van der Waals surface area (Å²) in [6.07, 6.45) is 5.04. The molecule has 0 saturated heterocycles. The van der Waals surface area contributed by atoms with Gasteiger partial charge in [0.05, 0.1) is 29.8 Å². The van der Waals surface area contributed by atoms with E-state index in [1.165, 1.54) is 11.8 Å². The van der Waals surface area contributed by atoms with Crippen molar-refractivity contribution in [1.82, 2.24) is 19.9 Å². The number of rotatable bonds is 6. The number of carbonyl (C=O) groups is 1. The molecule has 27 heavy (non-hydrogen) atoms. The van der Waals surface area contributed by atoms with Crippen molar-refractivity contribution < 1.29 is 9.21 Å². The van der Waals surface area contributed by atoms with Crippen LogP contribution in [-0.2, 0) is 11.3 Å². The third kappa shape index (κ3) is 4.15. The van der Waals surface area contributed by atoms with Crippen LogP contribution in [0.3, 0.4) is 0 Å². The highest BCUT2D eigenvalue weighted by molar-refractivity contribution is 8.00. The third-order valence-electron chi connectivity index (χ3n) is 3.87. The van der Waals surface area contributed by atoms with Crippen molar-refractivity contribution in [3.63, 3.8) is 0 Å². The second-order valence-electron chi connectivity index (χ2n) is 5.74. The van der Waals surface area contributed by atoms with Crippen LogP contribution < -0.4 is 5.32 Å². The molecule has 0 spiro atoms. The fourth-order valence-corrected chi connectivity index (χ4v) is 3.49. The van der Waals surface area contributed by atoms with Crippen LogP contribution in [0.4, 0.5) is 0 Å². The van der Waals surface area contributed by atoms with Crippen molar-refractivity contribution in [1.29, 1.82) is 0 Å². The minimum absolute atomic E-state index is 0.0855. The number of fused-ring (bicyclic) bond motifs is 1. The van der Waals surface area contributed by atoms with Gasteiger partial charge in [-0.1, -0.05) is 35.5 Å². The molecule has 0 fully saturated rings. The smallest absolute Gasteiger partial charge is 0.230 e. The van der Waals surface area contributed by atoms with E-state index in [0.717, 1.165) is 27.6 Å². The number of furan rings is 1. The van der Waals surface area contributed by atoms with Crippen molar-refractivity contribution >= 4 is 34.8 Å². The Morgan fingerprint density at radius 3 is 2.89 bits per heavy atom. The molecule has 0 unspecified atom stereocenters. The maximum atomic E-state index is 12.1. The van der Waals surface area contributed by atoms with E-state index in [1.807, 2.05) is 36.4 Å². The number of benzene rings is 1. The average Bonchev–Trinajstić information content (AvgIpc) is 3.35. The number of carbonyl (C=O) groups excluding carboxylic acids is 1. The minimum atomic E-state index is -0.0855. The molecule has 6 nitrogen and oxygen atoms in total. The first kappa shape index (κ1) is 17.6. The van der Waals surface area contributed by atoms with Crippen molar-refractivity contribution in [3.8, 4) is 11.3 Å². The van der Waals surface area contributed by atoms with E-state index in [-0.39, 0.29) is 11.7 Å². The summed E-state index contributed by atoms with van der Waals surface area (Å²) < 4.78 is 6.97. The summed E-state index contributed by atoms with van der Waals surface area (Å²) in [5, 5.41) is 8.83. The number of aromatic nitrogens is 3. The van der Waals surface area contributed by atoms with Crippen LogP contribution in [0.5, 0.6) is 0 Å². The van der Waals surface area contributed by atoms with Gasteiger partial charge in [-0.25, -0.2) is 9.50 Å². The Kier molecular flexibility index (Phi) is 5.13. The van der Waals surface area contributed by atoms with Gasteiger partial charge >= 0.3 is 0 Å². The second kappa shape index (κ2) is 7.85. The lowest BCUT2D eigenvalue weighted by atomic mass is 10.1. The van der Waals surface area contributed by atoms with E-state index in [9.17, 15) is 4.79 Å². The van der Waals surface area contributed by atoms with Crippen LogP contribution in [0.25, 0.3) is 16.8 Å². The van der Waals surface area contributed by atoms with Crippen LogP contribution in [0.15, 0.2) is 70.6 Å². The zero-order valence-corrected chi connectivity index (χ0v) is 15.7. The normalized spacial score (nSPS) is 11.0. The molecular weight excluding hydrogens is 384 g/mol. The van der Waals surface area contributed by atoms with E-state index in [2.05, 4.69) is 15.4 Å². The van der Waals surface area contributed by atoms with Crippen molar-refractivity contribution in [2.45, 2.75) is 11.6 Å². The standard InChI is InChI=1S/C19H15ClN4O2S/c20-14-5-3-13(4-6-14)16-10-17-19(21-7-8-24(17)23-16)27-12-18(25)22-11-15-2-1-9-26-15/h1-10H,11-12H2,(H,22,25). The first-order chi connectivity index (χ1) is 13.2. The largest absolute Gasteiger partial charge is 0.467 e. The summed E-state index contributed by atoms with van der Waals surface area (Å²) in [5.41, 5.74) is 2.64. The van der Waals surface area contributed by atoms with E-state index in [4.69, 9.17) is 16.0 Å². The molecule has 136 valence electrons. The Hall–Kier alpha value is -2.77. The minimum Gasteiger partial charge on any atom is -0.467 e. The second-order valence-corrected chi connectivity index (χ2v) is 7.14. The van der Waals surface area contributed by atoms with E-state index >= 15 is 0 Å². The van der Waals surface area contributed by atoms with Gasteiger partial charge in [0.2, 0.25) is 5.91 Å². The summed E-state index contributed by atoms with van der Waals surface area (Å²) in [4.78, 5) is 16.5. The first-order valence-corrected chi connectivity index (χ1v) is 9.57. The first-order valence-electron chi connectivity index (χ1n) is 8.21. The molecule has 0 radical (unpaired) electrons. The maximum Gasteiger partial charge on any atom is 0.230 e. The molecule has 4 aromatic rings. The summed E-state index contributed by atoms with van der Waals surface area (Å²) >= 11 is 7.32. The lowest BCUT2D eigenvalue weighted by molar-refractivity contribution is -0.118. The number of amides is 1. The predicted octanol–water partition coefficient (Wildman–Crippen LogP) is 4.05. The van der Waals surface area contributed by atoms with Gasteiger partial charge in [-0.05, 0) is 30.3 Å². The monoisotopic (exact) mass is 398 g/mol. The van der Waals surface area contributed by atoms with Crippen LogP contribution >= 0.6 is 23.4 Å². The Morgan fingerprint density at radius 1 is 1.26 bits per heavy atom. The fraction of sp³-hybridized carbons (Fsp3) is 0.105. The molecule has 8 heteroatoms. The topological polar surface area (TPSA) is 72.4 Å². The average molecular weight is 399 g/mol. The van der Waals surface area contributed by atoms with Crippen molar-refractivity contribution in [2.24, 2.45) is 0 Å². The highest BCUT2D eigenvalue weighted by Crippen LogP contribution is 2.26. The molecule has 1 amide bonds. The number of hydrogen-bond acceptors (Lipinski definition) is 5. The summed E-state index contributed by atoms with van der Waals surface area (Å²) in [7, 11) is 0. The molecule has 1 aromatic carbocycles. The van der Waals surface area contributed by atoms with Gasteiger partial charge in [0, 0.05) is 23.0 Å². The number of hydrogen-bond donors (Lipinski definition) is 1. The summed E-state index contributed by atoms with van der Waals surface area (Å²) in [5.74, 6) is 0.893. The van der Waals surface area contributed by atoms with Gasteiger partial charge in [0.25, 0.3) is 0 Å². The van der Waals surface area contributed by atoms with E-state index in [1.54, 1.807) is 29.2 Å².